The maximum atomic E-state index is 12.7. The Morgan fingerprint density at radius 1 is 0.970 bits per heavy atom. The number of anilines is 1. The Bertz CT molecular complexity index is 1290. The van der Waals surface area contributed by atoms with Gasteiger partial charge in [-0.15, -0.1) is 0 Å². The van der Waals surface area contributed by atoms with E-state index >= 15 is 0 Å². The Hall–Kier alpha value is -3.75. The lowest BCUT2D eigenvalue weighted by molar-refractivity contribution is -0.138. The van der Waals surface area contributed by atoms with Crippen LogP contribution in [0.4, 0.5) is 19.0 Å². The largest absolute Gasteiger partial charge is 0.484 e. The fourth-order valence-corrected chi connectivity index (χ4v) is 3.96. The van der Waals surface area contributed by atoms with Crippen molar-refractivity contribution in [2.24, 2.45) is 0 Å². The number of ether oxygens (including phenoxy) is 1. The topological polar surface area (TPSA) is 58.8 Å². The molecular formula is C24H20F3N3O3. The predicted octanol–water partition coefficient (Wildman–Crippen LogP) is 4.73. The fraction of sp³-hybridized carbons (Fsp3) is 0.250. The molecule has 0 radical (unpaired) electrons. The number of carbonyl (C=O) groups excluding carboxylic acids is 1. The normalized spacial score (nSPS) is 14.8. The van der Waals surface area contributed by atoms with Crippen LogP contribution in [0.5, 0.6) is 5.75 Å². The Morgan fingerprint density at radius 2 is 1.73 bits per heavy atom. The van der Waals surface area contributed by atoms with Crippen molar-refractivity contribution in [1.29, 1.82) is 0 Å². The van der Waals surface area contributed by atoms with Gasteiger partial charge in [0, 0.05) is 43.1 Å². The lowest BCUT2D eigenvalue weighted by Gasteiger charge is -2.35. The predicted molar refractivity (Wildman–Crippen MR) is 117 cm³/mol. The molecule has 3 heterocycles. The van der Waals surface area contributed by atoms with Gasteiger partial charge >= 0.3 is 6.18 Å². The van der Waals surface area contributed by atoms with Crippen LogP contribution in [0.2, 0.25) is 0 Å². The summed E-state index contributed by atoms with van der Waals surface area (Å²) in [6.07, 6.45) is -3.58. The second kappa shape index (κ2) is 8.31. The van der Waals surface area contributed by atoms with Gasteiger partial charge in [0.1, 0.15) is 22.7 Å². The third-order valence-corrected chi connectivity index (χ3v) is 5.74. The Kier molecular flexibility index (Phi) is 5.32. The number of furan rings is 1. The van der Waals surface area contributed by atoms with E-state index in [0.29, 0.717) is 37.7 Å². The van der Waals surface area contributed by atoms with E-state index in [1.807, 2.05) is 41.3 Å². The molecule has 0 aliphatic carbocycles. The molecule has 0 bridgehead atoms. The van der Waals surface area contributed by atoms with Crippen LogP contribution in [0.3, 0.4) is 0 Å². The van der Waals surface area contributed by atoms with Crippen molar-refractivity contribution in [1.82, 2.24) is 9.88 Å². The monoisotopic (exact) mass is 455 g/mol. The number of rotatable bonds is 4. The van der Waals surface area contributed by atoms with Crippen LogP contribution in [-0.4, -0.2) is 48.6 Å². The number of aromatic nitrogens is 1. The van der Waals surface area contributed by atoms with Gasteiger partial charge in [0.15, 0.2) is 6.61 Å². The second-order valence-electron chi connectivity index (χ2n) is 7.82. The van der Waals surface area contributed by atoms with Crippen molar-refractivity contribution in [2.75, 3.05) is 37.7 Å². The number of carbonyl (C=O) groups is 1. The number of piperazine rings is 1. The number of nitrogens with zero attached hydrogens (tertiary/aromatic N) is 3. The molecule has 0 atom stereocenters. The summed E-state index contributed by atoms with van der Waals surface area (Å²) in [5.74, 6) is 0.897. The molecule has 170 valence electrons. The molecule has 33 heavy (non-hydrogen) atoms. The zero-order valence-electron chi connectivity index (χ0n) is 17.5. The van der Waals surface area contributed by atoms with Crippen LogP contribution in [0.25, 0.3) is 21.9 Å². The SMILES string of the molecule is O=C(COc1ccc2oc3ccccc3c2c1)N1CCN(c2ccc(C(F)(F)F)cn2)CC1. The Balaban J connectivity index is 1.17. The minimum absolute atomic E-state index is 0.0974. The first-order valence-electron chi connectivity index (χ1n) is 10.5. The molecule has 5 rings (SSSR count). The Morgan fingerprint density at radius 3 is 2.45 bits per heavy atom. The highest BCUT2D eigenvalue weighted by Gasteiger charge is 2.31. The highest BCUT2D eigenvalue weighted by molar-refractivity contribution is 6.05. The highest BCUT2D eigenvalue weighted by atomic mass is 19.4. The molecule has 1 aliphatic heterocycles. The molecule has 0 saturated carbocycles. The standard InChI is InChI=1S/C24H20F3N3O3/c25-24(26,27)16-5-8-22(28-14-16)29-9-11-30(12-10-29)23(31)15-32-17-6-7-21-19(13-17)18-3-1-2-4-20(18)33-21/h1-8,13-14H,9-12,15H2. The molecule has 1 aliphatic rings. The third kappa shape index (κ3) is 4.30. The van der Waals surface area contributed by atoms with Gasteiger partial charge in [0.05, 0.1) is 5.56 Å². The number of pyridine rings is 1. The molecule has 2 aromatic heterocycles. The number of hydrogen-bond donors (Lipinski definition) is 0. The summed E-state index contributed by atoms with van der Waals surface area (Å²) in [4.78, 5) is 20.1. The number of para-hydroxylation sites is 1. The molecule has 2 aromatic carbocycles. The van der Waals surface area contributed by atoms with Crippen molar-refractivity contribution in [3.63, 3.8) is 0 Å². The molecule has 9 heteroatoms. The van der Waals surface area contributed by atoms with E-state index < -0.39 is 11.7 Å². The number of amides is 1. The van der Waals surface area contributed by atoms with Crippen LogP contribution in [0, 0.1) is 0 Å². The number of alkyl halides is 3. The highest BCUT2D eigenvalue weighted by Crippen LogP contribution is 2.31. The average molecular weight is 455 g/mol. The quantitative estimate of drug-likeness (QED) is 0.446. The van der Waals surface area contributed by atoms with Gasteiger partial charge < -0.3 is 19.0 Å². The zero-order valence-corrected chi connectivity index (χ0v) is 17.5. The summed E-state index contributed by atoms with van der Waals surface area (Å²) in [7, 11) is 0. The minimum Gasteiger partial charge on any atom is -0.484 e. The van der Waals surface area contributed by atoms with E-state index in [-0.39, 0.29) is 12.5 Å². The first kappa shape index (κ1) is 21.1. The summed E-state index contributed by atoms with van der Waals surface area (Å²) < 4.78 is 49.7. The van der Waals surface area contributed by atoms with Gasteiger partial charge in [-0.25, -0.2) is 4.98 Å². The maximum absolute atomic E-state index is 12.7. The third-order valence-electron chi connectivity index (χ3n) is 5.74. The van der Waals surface area contributed by atoms with E-state index in [2.05, 4.69) is 4.98 Å². The van der Waals surface area contributed by atoms with E-state index in [9.17, 15) is 18.0 Å². The van der Waals surface area contributed by atoms with Gasteiger partial charge in [-0.3, -0.25) is 4.79 Å². The minimum atomic E-state index is -4.41. The van der Waals surface area contributed by atoms with Crippen molar-refractivity contribution >= 4 is 33.7 Å². The van der Waals surface area contributed by atoms with Crippen molar-refractivity contribution in [3.05, 3.63) is 66.4 Å². The molecule has 6 nitrogen and oxygen atoms in total. The van der Waals surface area contributed by atoms with Crippen LogP contribution in [-0.2, 0) is 11.0 Å². The smallest absolute Gasteiger partial charge is 0.417 e. The van der Waals surface area contributed by atoms with Crippen LogP contribution < -0.4 is 9.64 Å². The van der Waals surface area contributed by atoms with Crippen molar-refractivity contribution < 1.29 is 27.1 Å². The van der Waals surface area contributed by atoms with E-state index in [0.717, 1.165) is 34.2 Å². The van der Waals surface area contributed by atoms with Gasteiger partial charge in [0.25, 0.3) is 5.91 Å². The number of hydrogen-bond acceptors (Lipinski definition) is 5. The molecule has 0 spiro atoms. The fourth-order valence-electron chi connectivity index (χ4n) is 3.96. The number of fused-ring (bicyclic) bond motifs is 3. The second-order valence-corrected chi connectivity index (χ2v) is 7.82. The number of halogens is 3. The van der Waals surface area contributed by atoms with Gasteiger partial charge in [-0.2, -0.15) is 13.2 Å². The van der Waals surface area contributed by atoms with Crippen molar-refractivity contribution in [2.45, 2.75) is 6.18 Å². The van der Waals surface area contributed by atoms with E-state index in [1.165, 1.54) is 6.07 Å². The summed E-state index contributed by atoms with van der Waals surface area (Å²) in [5, 5.41) is 1.91. The summed E-state index contributed by atoms with van der Waals surface area (Å²) in [5.41, 5.74) is 0.767. The van der Waals surface area contributed by atoms with E-state index in [4.69, 9.17) is 9.15 Å². The molecule has 1 amide bonds. The summed E-state index contributed by atoms with van der Waals surface area (Å²) in [6, 6.07) is 15.6. The van der Waals surface area contributed by atoms with Gasteiger partial charge in [0.2, 0.25) is 0 Å². The van der Waals surface area contributed by atoms with E-state index in [1.54, 1.807) is 11.0 Å². The molecular weight excluding hydrogens is 435 g/mol. The molecule has 1 fully saturated rings. The van der Waals surface area contributed by atoms with Crippen molar-refractivity contribution in [3.8, 4) is 5.75 Å². The summed E-state index contributed by atoms with van der Waals surface area (Å²) in [6.45, 7) is 1.75. The Labute approximate surface area is 187 Å². The summed E-state index contributed by atoms with van der Waals surface area (Å²) >= 11 is 0. The van der Waals surface area contributed by atoms with Crippen LogP contribution in [0.15, 0.2) is 65.2 Å². The molecule has 0 N–H and O–H groups in total. The maximum Gasteiger partial charge on any atom is 0.417 e. The lowest BCUT2D eigenvalue weighted by Crippen LogP contribution is -2.50. The molecule has 4 aromatic rings. The zero-order chi connectivity index (χ0) is 23.0. The first-order valence-corrected chi connectivity index (χ1v) is 10.5. The molecule has 1 saturated heterocycles. The van der Waals surface area contributed by atoms with Gasteiger partial charge in [-0.05, 0) is 36.4 Å². The lowest BCUT2D eigenvalue weighted by atomic mass is 10.1. The molecule has 0 unspecified atom stereocenters. The van der Waals surface area contributed by atoms with Gasteiger partial charge in [-0.1, -0.05) is 18.2 Å². The number of benzene rings is 2. The van der Waals surface area contributed by atoms with Crippen LogP contribution >= 0.6 is 0 Å². The average Bonchev–Trinajstić information content (AvgIpc) is 3.20. The van der Waals surface area contributed by atoms with Crippen LogP contribution in [0.1, 0.15) is 5.56 Å². The first-order chi connectivity index (χ1) is 15.9.